The molecule has 0 saturated carbocycles. The molecule has 0 aliphatic heterocycles. The van der Waals surface area contributed by atoms with Gasteiger partial charge in [-0.2, -0.15) is 0 Å². The molecule has 0 atom stereocenters. The summed E-state index contributed by atoms with van der Waals surface area (Å²) in [6.45, 7) is -0.690. The molecular formula is C8H7ClF2N2O. The summed E-state index contributed by atoms with van der Waals surface area (Å²) in [4.78, 5) is 14.8. The van der Waals surface area contributed by atoms with E-state index in [-0.39, 0.29) is 10.7 Å². The van der Waals surface area contributed by atoms with E-state index < -0.39 is 18.9 Å². The second-order valence-corrected chi connectivity index (χ2v) is 2.80. The molecule has 0 saturated heterocycles. The van der Waals surface area contributed by atoms with E-state index in [1.807, 2.05) is 5.32 Å². The first kappa shape index (κ1) is 10.8. The van der Waals surface area contributed by atoms with Crippen LogP contribution in [-0.2, 0) is 0 Å². The summed E-state index contributed by atoms with van der Waals surface area (Å²) in [5.41, 5.74) is 0.0924. The van der Waals surface area contributed by atoms with Crippen LogP contribution in [-0.4, -0.2) is 23.9 Å². The molecule has 1 aromatic rings. The van der Waals surface area contributed by atoms with Crippen molar-refractivity contribution in [2.75, 3.05) is 6.54 Å². The maximum Gasteiger partial charge on any atom is 0.255 e. The highest BCUT2D eigenvalue weighted by Gasteiger charge is 2.11. The van der Waals surface area contributed by atoms with Crippen LogP contribution in [0.4, 0.5) is 8.78 Å². The number of halogens is 3. The quantitative estimate of drug-likeness (QED) is 0.789. The minimum Gasteiger partial charge on any atom is -0.346 e. The van der Waals surface area contributed by atoms with E-state index in [0.717, 1.165) is 0 Å². The average molecular weight is 221 g/mol. The molecule has 1 aromatic heterocycles. The highest BCUT2D eigenvalue weighted by molar-refractivity contribution is 6.32. The number of pyridine rings is 1. The second kappa shape index (κ2) is 4.85. The molecule has 3 nitrogen and oxygen atoms in total. The predicted molar refractivity (Wildman–Crippen MR) is 47.6 cm³/mol. The summed E-state index contributed by atoms with van der Waals surface area (Å²) >= 11 is 5.57. The third-order valence-electron chi connectivity index (χ3n) is 1.42. The van der Waals surface area contributed by atoms with Crippen molar-refractivity contribution in [3.63, 3.8) is 0 Å². The zero-order valence-electron chi connectivity index (χ0n) is 7.01. The van der Waals surface area contributed by atoms with E-state index in [4.69, 9.17) is 11.6 Å². The molecule has 0 aromatic carbocycles. The molecule has 0 aliphatic carbocycles. The summed E-state index contributed by atoms with van der Waals surface area (Å²) in [6, 6.07) is 2.92. The SMILES string of the molecule is O=C(NCC(F)F)c1cccnc1Cl. The molecule has 0 spiro atoms. The first-order chi connectivity index (χ1) is 6.61. The largest absolute Gasteiger partial charge is 0.346 e. The van der Waals surface area contributed by atoms with Crippen molar-refractivity contribution >= 4 is 17.5 Å². The maximum absolute atomic E-state index is 11.7. The summed E-state index contributed by atoms with van der Waals surface area (Å²) < 4.78 is 23.5. The lowest BCUT2D eigenvalue weighted by Crippen LogP contribution is -2.28. The number of carbonyl (C=O) groups is 1. The molecule has 0 fully saturated rings. The lowest BCUT2D eigenvalue weighted by Gasteiger charge is -2.04. The van der Waals surface area contributed by atoms with Crippen LogP contribution in [0.5, 0.6) is 0 Å². The minimum absolute atomic E-state index is 0.000679. The fourth-order valence-electron chi connectivity index (χ4n) is 0.820. The Kier molecular flexibility index (Phi) is 3.76. The van der Waals surface area contributed by atoms with Crippen molar-refractivity contribution in [3.05, 3.63) is 29.0 Å². The second-order valence-electron chi connectivity index (χ2n) is 2.44. The third kappa shape index (κ3) is 2.92. The number of alkyl halides is 2. The monoisotopic (exact) mass is 220 g/mol. The summed E-state index contributed by atoms with van der Waals surface area (Å²) in [5.74, 6) is -0.650. The van der Waals surface area contributed by atoms with Gasteiger partial charge in [0.15, 0.2) is 0 Å². The molecule has 1 rings (SSSR count). The van der Waals surface area contributed by atoms with E-state index in [1.165, 1.54) is 18.3 Å². The molecule has 0 radical (unpaired) electrons. The number of nitrogens with zero attached hydrogens (tertiary/aromatic N) is 1. The van der Waals surface area contributed by atoms with Gasteiger partial charge >= 0.3 is 0 Å². The number of nitrogens with one attached hydrogen (secondary N) is 1. The van der Waals surface area contributed by atoms with E-state index >= 15 is 0 Å². The van der Waals surface area contributed by atoms with Crippen molar-refractivity contribution in [2.45, 2.75) is 6.43 Å². The zero-order valence-corrected chi connectivity index (χ0v) is 7.76. The zero-order chi connectivity index (χ0) is 10.6. The molecule has 0 aliphatic rings. The van der Waals surface area contributed by atoms with Gasteiger partial charge in [0.1, 0.15) is 5.15 Å². The van der Waals surface area contributed by atoms with Gasteiger partial charge in [-0.15, -0.1) is 0 Å². The highest BCUT2D eigenvalue weighted by Crippen LogP contribution is 2.10. The van der Waals surface area contributed by atoms with Gasteiger partial charge in [-0.1, -0.05) is 11.6 Å². The van der Waals surface area contributed by atoms with Gasteiger partial charge in [-0.25, -0.2) is 13.8 Å². The lowest BCUT2D eigenvalue weighted by molar-refractivity contribution is 0.0891. The van der Waals surface area contributed by atoms with E-state index in [0.29, 0.717) is 0 Å². The first-order valence-corrected chi connectivity index (χ1v) is 4.16. The number of hydrogen-bond donors (Lipinski definition) is 1. The number of hydrogen-bond acceptors (Lipinski definition) is 2. The van der Waals surface area contributed by atoms with Gasteiger partial charge in [-0.05, 0) is 12.1 Å². The van der Waals surface area contributed by atoms with E-state index in [2.05, 4.69) is 4.98 Å². The van der Waals surface area contributed by atoms with Crippen molar-refractivity contribution in [3.8, 4) is 0 Å². The Bertz CT molecular complexity index is 333. The first-order valence-electron chi connectivity index (χ1n) is 3.78. The molecule has 6 heteroatoms. The standard InChI is InChI=1S/C8H7ClF2N2O/c9-7-5(2-1-3-12-7)8(14)13-4-6(10)11/h1-3,6H,4H2,(H,13,14). The number of aromatic nitrogens is 1. The molecule has 1 N–H and O–H groups in total. The van der Waals surface area contributed by atoms with Crippen LogP contribution in [0, 0.1) is 0 Å². The minimum atomic E-state index is -2.57. The summed E-state index contributed by atoms with van der Waals surface area (Å²) in [7, 11) is 0. The lowest BCUT2D eigenvalue weighted by atomic mass is 10.3. The topological polar surface area (TPSA) is 42.0 Å². The maximum atomic E-state index is 11.7. The highest BCUT2D eigenvalue weighted by atomic mass is 35.5. The Labute approximate surface area is 84.1 Å². The van der Waals surface area contributed by atoms with Crippen LogP contribution in [0.1, 0.15) is 10.4 Å². The van der Waals surface area contributed by atoms with Crippen LogP contribution in [0.25, 0.3) is 0 Å². The molecule has 14 heavy (non-hydrogen) atoms. The Morgan fingerprint density at radius 1 is 1.64 bits per heavy atom. The number of rotatable bonds is 3. The van der Waals surface area contributed by atoms with Gasteiger partial charge in [0.05, 0.1) is 12.1 Å². The van der Waals surface area contributed by atoms with Crippen molar-refractivity contribution < 1.29 is 13.6 Å². The van der Waals surface area contributed by atoms with Crippen LogP contribution in [0.2, 0.25) is 5.15 Å². The predicted octanol–water partition coefficient (Wildman–Crippen LogP) is 1.73. The van der Waals surface area contributed by atoms with Gasteiger partial charge in [0.2, 0.25) is 0 Å². The Morgan fingerprint density at radius 3 is 2.93 bits per heavy atom. The van der Waals surface area contributed by atoms with Crippen molar-refractivity contribution in [1.29, 1.82) is 0 Å². The fourth-order valence-corrected chi connectivity index (χ4v) is 1.03. The Morgan fingerprint density at radius 2 is 2.36 bits per heavy atom. The van der Waals surface area contributed by atoms with Gasteiger partial charge in [0.25, 0.3) is 12.3 Å². The van der Waals surface area contributed by atoms with Gasteiger partial charge < -0.3 is 5.32 Å². The third-order valence-corrected chi connectivity index (χ3v) is 1.72. The smallest absolute Gasteiger partial charge is 0.255 e. The van der Waals surface area contributed by atoms with E-state index in [1.54, 1.807) is 0 Å². The molecule has 0 bridgehead atoms. The molecule has 0 unspecified atom stereocenters. The summed E-state index contributed by atoms with van der Waals surface area (Å²) in [6.07, 6.45) is -1.17. The Hall–Kier alpha value is -1.23. The van der Waals surface area contributed by atoms with E-state index in [9.17, 15) is 13.6 Å². The Balaban J connectivity index is 2.65. The van der Waals surface area contributed by atoms with Crippen molar-refractivity contribution in [1.82, 2.24) is 10.3 Å². The van der Waals surface area contributed by atoms with Crippen LogP contribution in [0.3, 0.4) is 0 Å². The average Bonchev–Trinajstić information content (AvgIpc) is 2.15. The molecule has 1 amide bonds. The molecular weight excluding hydrogens is 214 g/mol. The summed E-state index contributed by atoms with van der Waals surface area (Å²) in [5, 5.41) is 2.03. The number of amides is 1. The number of carbonyl (C=O) groups excluding carboxylic acids is 1. The fraction of sp³-hybridized carbons (Fsp3) is 0.250. The molecule has 76 valence electrons. The van der Waals surface area contributed by atoms with Crippen molar-refractivity contribution in [2.24, 2.45) is 0 Å². The van der Waals surface area contributed by atoms with Crippen LogP contribution >= 0.6 is 11.6 Å². The van der Waals surface area contributed by atoms with Gasteiger partial charge in [-0.3, -0.25) is 4.79 Å². The van der Waals surface area contributed by atoms with Gasteiger partial charge in [0, 0.05) is 6.20 Å². The van der Waals surface area contributed by atoms with Crippen LogP contribution in [0.15, 0.2) is 18.3 Å². The molecule has 1 heterocycles. The van der Waals surface area contributed by atoms with Crippen LogP contribution < -0.4 is 5.32 Å². The normalized spacial score (nSPS) is 10.3.